The zero-order valence-electron chi connectivity index (χ0n) is 10.9. The van der Waals surface area contributed by atoms with Gasteiger partial charge in [0.25, 0.3) is 0 Å². The number of amides is 1. The van der Waals surface area contributed by atoms with Crippen LogP contribution in [-0.4, -0.2) is 67.1 Å². The monoisotopic (exact) mass is 302 g/mol. The second kappa shape index (κ2) is 6.53. The summed E-state index contributed by atoms with van der Waals surface area (Å²) in [5, 5.41) is 38.3. The second-order valence-corrected chi connectivity index (χ2v) is 5.79. The van der Waals surface area contributed by atoms with Crippen molar-refractivity contribution < 1.29 is 20.1 Å². The van der Waals surface area contributed by atoms with Crippen LogP contribution in [0.1, 0.15) is 18.9 Å². The van der Waals surface area contributed by atoms with E-state index in [0.29, 0.717) is 11.2 Å². The molecule has 0 bridgehead atoms. The summed E-state index contributed by atoms with van der Waals surface area (Å²) in [5.41, 5.74) is -1.39. The Morgan fingerprint density at radius 3 is 2.60 bits per heavy atom. The fourth-order valence-electron chi connectivity index (χ4n) is 1.67. The maximum atomic E-state index is 11.8. The van der Waals surface area contributed by atoms with Gasteiger partial charge in [0.05, 0.1) is 25.6 Å². The number of carbonyl (C=O) groups excluding carboxylic acids is 1. The van der Waals surface area contributed by atoms with E-state index in [-0.39, 0.29) is 5.75 Å². The summed E-state index contributed by atoms with van der Waals surface area (Å²) in [4.78, 5) is 11.8. The molecule has 1 amide bonds. The van der Waals surface area contributed by atoms with Gasteiger partial charge in [0.2, 0.25) is 5.91 Å². The molecule has 4 N–H and O–H groups in total. The molecule has 112 valence electrons. The highest BCUT2D eigenvalue weighted by Gasteiger charge is 2.30. The third-order valence-corrected chi connectivity index (χ3v) is 4.08. The fourth-order valence-corrected chi connectivity index (χ4v) is 2.45. The number of nitrogens with zero attached hydrogens (tertiary/aromatic N) is 3. The van der Waals surface area contributed by atoms with Crippen molar-refractivity contribution in [2.45, 2.75) is 29.6 Å². The maximum absolute atomic E-state index is 11.8. The van der Waals surface area contributed by atoms with Crippen molar-refractivity contribution >= 4 is 17.7 Å². The van der Waals surface area contributed by atoms with E-state index in [0.717, 1.165) is 12.8 Å². The van der Waals surface area contributed by atoms with Gasteiger partial charge in [-0.05, 0) is 12.8 Å². The lowest BCUT2D eigenvalue weighted by atomic mass is 10.0. The molecule has 1 aliphatic carbocycles. The van der Waals surface area contributed by atoms with Crippen molar-refractivity contribution in [1.82, 2.24) is 20.1 Å². The number of rotatable bonds is 8. The van der Waals surface area contributed by atoms with Crippen LogP contribution in [0.15, 0.2) is 11.5 Å². The molecular formula is C11H18N4O4S. The Bertz CT molecular complexity index is 451. The highest BCUT2D eigenvalue weighted by Crippen LogP contribution is 2.37. The first-order valence-electron chi connectivity index (χ1n) is 6.30. The smallest absolute Gasteiger partial charge is 0.231 e. The first-order chi connectivity index (χ1) is 9.64. The third-order valence-electron chi connectivity index (χ3n) is 3.13. The quantitative estimate of drug-likeness (QED) is 0.433. The van der Waals surface area contributed by atoms with Crippen LogP contribution in [0, 0.1) is 0 Å². The van der Waals surface area contributed by atoms with E-state index in [1.807, 2.05) is 4.57 Å². The third kappa shape index (κ3) is 3.48. The number of aliphatic hydroxyl groups is 3. The Hall–Kier alpha value is -1.16. The molecule has 0 spiro atoms. The van der Waals surface area contributed by atoms with Gasteiger partial charge in [-0.2, -0.15) is 0 Å². The predicted molar refractivity (Wildman–Crippen MR) is 71.1 cm³/mol. The Morgan fingerprint density at radius 1 is 1.40 bits per heavy atom. The SMILES string of the molecule is O=C(CSc1nncn1C1CC1)NC(CO)(CO)CO. The van der Waals surface area contributed by atoms with E-state index in [9.17, 15) is 4.79 Å². The van der Waals surface area contributed by atoms with Crippen LogP contribution in [0.5, 0.6) is 0 Å². The van der Waals surface area contributed by atoms with Crippen LogP contribution in [0.3, 0.4) is 0 Å². The number of carbonyl (C=O) groups is 1. The minimum atomic E-state index is -1.39. The summed E-state index contributed by atoms with van der Waals surface area (Å²) < 4.78 is 1.94. The Morgan fingerprint density at radius 2 is 2.05 bits per heavy atom. The molecule has 1 saturated carbocycles. The van der Waals surface area contributed by atoms with Gasteiger partial charge in [-0.3, -0.25) is 4.79 Å². The van der Waals surface area contributed by atoms with E-state index >= 15 is 0 Å². The fraction of sp³-hybridized carbons (Fsp3) is 0.727. The molecular weight excluding hydrogens is 284 g/mol. The molecule has 1 aromatic rings. The van der Waals surface area contributed by atoms with Gasteiger partial charge in [-0.1, -0.05) is 11.8 Å². The zero-order valence-corrected chi connectivity index (χ0v) is 11.7. The van der Waals surface area contributed by atoms with Crippen LogP contribution in [0.25, 0.3) is 0 Å². The second-order valence-electron chi connectivity index (χ2n) is 4.84. The summed E-state index contributed by atoms with van der Waals surface area (Å²) in [6.45, 7) is -1.60. The van der Waals surface area contributed by atoms with Crippen LogP contribution >= 0.6 is 11.8 Å². The van der Waals surface area contributed by atoms with E-state index in [1.165, 1.54) is 11.8 Å². The molecule has 1 fully saturated rings. The average molecular weight is 302 g/mol. The number of hydrogen-bond acceptors (Lipinski definition) is 7. The summed E-state index contributed by atoms with van der Waals surface area (Å²) in [7, 11) is 0. The standard InChI is InChI=1S/C11H18N4O4S/c16-4-11(5-17,6-18)13-9(19)3-20-10-14-12-7-15(10)8-1-2-8/h7-8,16-18H,1-6H2,(H,13,19). The molecule has 0 unspecified atom stereocenters. The Kier molecular flexibility index (Phi) is 4.97. The summed E-state index contributed by atoms with van der Waals surface area (Å²) in [5.74, 6) is -0.315. The van der Waals surface area contributed by atoms with Crippen molar-refractivity contribution in [3.05, 3.63) is 6.33 Å². The number of nitrogens with one attached hydrogen (secondary N) is 1. The Balaban J connectivity index is 1.87. The van der Waals surface area contributed by atoms with Gasteiger partial charge in [0, 0.05) is 6.04 Å². The van der Waals surface area contributed by atoms with E-state index < -0.39 is 31.3 Å². The van der Waals surface area contributed by atoms with Gasteiger partial charge in [-0.25, -0.2) is 0 Å². The molecule has 0 aromatic carbocycles. The topological polar surface area (TPSA) is 121 Å². The van der Waals surface area contributed by atoms with Crippen molar-refractivity contribution in [2.75, 3.05) is 25.6 Å². The molecule has 8 nitrogen and oxygen atoms in total. The molecule has 1 aromatic heterocycles. The number of hydrogen-bond donors (Lipinski definition) is 4. The molecule has 0 atom stereocenters. The van der Waals surface area contributed by atoms with Crippen molar-refractivity contribution in [2.24, 2.45) is 0 Å². The minimum absolute atomic E-state index is 0.0766. The first kappa shape index (κ1) is 15.2. The number of aliphatic hydroxyl groups excluding tert-OH is 3. The molecule has 9 heteroatoms. The van der Waals surface area contributed by atoms with Crippen molar-refractivity contribution in [3.63, 3.8) is 0 Å². The van der Waals surface area contributed by atoms with E-state index in [2.05, 4.69) is 15.5 Å². The molecule has 0 saturated heterocycles. The van der Waals surface area contributed by atoms with Crippen LogP contribution < -0.4 is 5.32 Å². The van der Waals surface area contributed by atoms with E-state index in [4.69, 9.17) is 15.3 Å². The van der Waals surface area contributed by atoms with Crippen LogP contribution in [0.4, 0.5) is 0 Å². The van der Waals surface area contributed by atoms with Gasteiger partial charge < -0.3 is 25.2 Å². The van der Waals surface area contributed by atoms with Gasteiger partial charge >= 0.3 is 0 Å². The van der Waals surface area contributed by atoms with Crippen LogP contribution in [0.2, 0.25) is 0 Å². The Labute approximate surface area is 120 Å². The van der Waals surface area contributed by atoms with Crippen molar-refractivity contribution in [1.29, 1.82) is 0 Å². The van der Waals surface area contributed by atoms with Gasteiger partial charge in [0.1, 0.15) is 11.9 Å². The molecule has 1 heterocycles. The minimum Gasteiger partial charge on any atom is -0.394 e. The summed E-state index contributed by atoms with van der Waals surface area (Å²) >= 11 is 1.23. The summed E-state index contributed by atoms with van der Waals surface area (Å²) in [6, 6.07) is 0.432. The summed E-state index contributed by atoms with van der Waals surface area (Å²) in [6.07, 6.45) is 3.85. The van der Waals surface area contributed by atoms with E-state index in [1.54, 1.807) is 6.33 Å². The largest absolute Gasteiger partial charge is 0.394 e. The lowest BCUT2D eigenvalue weighted by molar-refractivity contribution is -0.122. The van der Waals surface area contributed by atoms with Crippen molar-refractivity contribution in [3.8, 4) is 0 Å². The highest BCUT2D eigenvalue weighted by molar-refractivity contribution is 7.99. The average Bonchev–Trinajstić information content (AvgIpc) is 3.21. The first-order valence-corrected chi connectivity index (χ1v) is 7.28. The number of thioether (sulfide) groups is 1. The van der Waals surface area contributed by atoms with Crippen LogP contribution in [-0.2, 0) is 4.79 Å². The van der Waals surface area contributed by atoms with Gasteiger partial charge in [-0.15, -0.1) is 10.2 Å². The lowest BCUT2D eigenvalue weighted by Gasteiger charge is -2.28. The molecule has 0 radical (unpaired) electrons. The normalized spacial score (nSPS) is 15.3. The maximum Gasteiger partial charge on any atom is 0.231 e. The number of aromatic nitrogens is 3. The predicted octanol–water partition coefficient (Wildman–Crippen LogP) is -1.46. The zero-order chi connectivity index (χ0) is 14.6. The lowest BCUT2D eigenvalue weighted by Crippen LogP contribution is -2.57. The highest BCUT2D eigenvalue weighted by atomic mass is 32.2. The van der Waals surface area contributed by atoms with Gasteiger partial charge in [0.15, 0.2) is 5.16 Å². The molecule has 2 rings (SSSR count). The molecule has 1 aliphatic rings. The molecule has 0 aliphatic heterocycles. The molecule has 20 heavy (non-hydrogen) atoms.